The van der Waals surface area contributed by atoms with Crippen LogP contribution in [0.5, 0.6) is 11.5 Å². The van der Waals surface area contributed by atoms with Crippen molar-refractivity contribution in [2.45, 2.75) is 0 Å². The van der Waals surface area contributed by atoms with E-state index < -0.39 is 23.3 Å². The molecule has 0 unspecified atom stereocenters. The van der Waals surface area contributed by atoms with E-state index in [1.807, 2.05) is 120 Å². The number of imidazole rings is 2. The van der Waals surface area contributed by atoms with Crippen LogP contribution in [0.4, 0.5) is 0 Å². The van der Waals surface area contributed by atoms with Crippen LogP contribution in [0, 0.1) is 0 Å². The Hall–Kier alpha value is -7.08. The molecule has 0 atom stereocenters. The van der Waals surface area contributed by atoms with Crippen LogP contribution in [0.2, 0.25) is 0 Å². The maximum absolute atomic E-state index is 12.7. The van der Waals surface area contributed by atoms with Gasteiger partial charge in [-0.3, -0.25) is 9.59 Å². The first-order valence-corrected chi connectivity index (χ1v) is 15.6. The van der Waals surface area contributed by atoms with Gasteiger partial charge in [-0.25, -0.2) is 28.8 Å². The van der Waals surface area contributed by atoms with E-state index in [-0.39, 0.29) is 11.1 Å². The maximum Gasteiger partial charge on any atom is 0.286 e. The molecule has 0 saturated heterocycles. The Morgan fingerprint density at radius 2 is 1.02 bits per heavy atom. The molecule has 7 aromatic rings. The quantitative estimate of drug-likeness (QED) is 0.0841. The number of aromatic hydroxyl groups is 2. The fraction of sp³-hybridized carbons (Fsp3) is 0.0526. The SMILES string of the molecule is C[n+]1c(-c2ccc(/C=N/NC(=O)c3cc(O)c(C(=O)N/N=C/c4ccc(-c5cn6ccccc6[n+]5C)cc4)cc3O)cc2)cn2ccccc21. The number of nitrogens with one attached hydrogen (secondary N) is 2. The van der Waals surface area contributed by atoms with Crippen molar-refractivity contribution in [1.29, 1.82) is 0 Å². The van der Waals surface area contributed by atoms with Gasteiger partial charge in [-0.2, -0.15) is 10.2 Å². The lowest BCUT2D eigenvalue weighted by Crippen LogP contribution is -2.29. The highest BCUT2D eigenvalue weighted by Gasteiger charge is 2.20. The Bertz CT molecular complexity index is 2290. The molecule has 4 N–H and O–H groups in total. The number of hydrazone groups is 2. The molecule has 0 spiro atoms. The predicted molar refractivity (Wildman–Crippen MR) is 188 cm³/mol. The summed E-state index contributed by atoms with van der Waals surface area (Å²) in [5, 5.41) is 29.0. The minimum Gasteiger partial charge on any atom is -0.507 e. The van der Waals surface area contributed by atoms with E-state index in [4.69, 9.17) is 0 Å². The summed E-state index contributed by atoms with van der Waals surface area (Å²) < 4.78 is 8.29. The Balaban J connectivity index is 0.956. The average molecular weight is 665 g/mol. The Kier molecular flexibility index (Phi) is 8.32. The fourth-order valence-corrected chi connectivity index (χ4v) is 5.77. The molecule has 12 heteroatoms. The topological polar surface area (TPSA) is 140 Å². The first-order valence-electron chi connectivity index (χ1n) is 15.6. The molecule has 4 heterocycles. The lowest BCUT2D eigenvalue weighted by Gasteiger charge is -2.08. The molecule has 0 bridgehead atoms. The number of hydrogen-bond donors (Lipinski definition) is 4. The van der Waals surface area contributed by atoms with E-state index in [1.165, 1.54) is 12.4 Å². The molecule has 4 aromatic heterocycles. The second-order valence-corrected chi connectivity index (χ2v) is 11.6. The monoisotopic (exact) mass is 664 g/mol. The number of carbonyl (C=O) groups excluding carboxylic acids is 2. The fourth-order valence-electron chi connectivity index (χ4n) is 5.77. The number of rotatable bonds is 8. The number of hydrogen-bond acceptors (Lipinski definition) is 6. The van der Waals surface area contributed by atoms with Crippen molar-refractivity contribution in [2.24, 2.45) is 24.3 Å². The molecule has 0 radical (unpaired) electrons. The number of phenols is 2. The predicted octanol–water partition coefficient (Wildman–Crippen LogP) is 4.11. The highest BCUT2D eigenvalue weighted by Crippen LogP contribution is 2.27. The third kappa shape index (κ3) is 6.16. The Labute approximate surface area is 286 Å². The summed E-state index contributed by atoms with van der Waals surface area (Å²) >= 11 is 0. The molecular formula is C38H32N8O4+2. The van der Waals surface area contributed by atoms with Crippen molar-refractivity contribution in [3.05, 3.63) is 144 Å². The van der Waals surface area contributed by atoms with Gasteiger partial charge < -0.3 is 10.2 Å². The highest BCUT2D eigenvalue weighted by atomic mass is 16.3. The van der Waals surface area contributed by atoms with E-state index >= 15 is 0 Å². The smallest absolute Gasteiger partial charge is 0.286 e. The number of aromatic nitrogens is 4. The van der Waals surface area contributed by atoms with E-state index in [0.717, 1.165) is 57.1 Å². The summed E-state index contributed by atoms with van der Waals surface area (Å²) in [6.07, 6.45) is 11.0. The molecule has 3 aromatic carbocycles. The van der Waals surface area contributed by atoms with Crippen LogP contribution in [-0.4, -0.2) is 43.3 Å². The number of phenolic OH excluding ortho intramolecular Hbond substituents is 2. The zero-order chi connectivity index (χ0) is 34.8. The number of pyridine rings is 2. The average Bonchev–Trinajstić information content (AvgIpc) is 3.65. The van der Waals surface area contributed by atoms with Crippen LogP contribution in [0.1, 0.15) is 31.8 Å². The zero-order valence-corrected chi connectivity index (χ0v) is 27.1. The minimum absolute atomic E-state index is 0.257. The molecule has 0 fully saturated rings. The first kappa shape index (κ1) is 31.5. The molecule has 2 amide bonds. The van der Waals surface area contributed by atoms with Gasteiger partial charge in [-0.15, -0.1) is 0 Å². The number of aryl methyl sites for hydroxylation is 2. The highest BCUT2D eigenvalue weighted by molar-refractivity contribution is 6.02. The van der Waals surface area contributed by atoms with Gasteiger partial charge in [0.2, 0.25) is 0 Å². The third-order valence-corrected chi connectivity index (χ3v) is 8.44. The van der Waals surface area contributed by atoms with Crippen LogP contribution >= 0.6 is 0 Å². The largest absolute Gasteiger partial charge is 0.507 e. The molecule has 7 rings (SSSR count). The normalized spacial score (nSPS) is 11.6. The molecule has 0 aliphatic heterocycles. The summed E-state index contributed by atoms with van der Waals surface area (Å²) in [7, 11) is 4.01. The van der Waals surface area contributed by atoms with E-state index in [0.29, 0.717) is 0 Å². The standard InChI is InChI=1S/C38H30N8O4/c1-43-31(23-45-17-5-3-7-35(43)45)27-13-9-25(10-14-27)21-39-41-37(49)29-19-34(48)30(20-33(29)47)38(50)42-40-22-26-11-15-28(16-12-26)32-24-46-18-6-4-8-36(46)44(32)2/h3-24H,1-2H3,(H2-2,41,42,47,48,49,50)/p+2/b39-21+,40-22+. The van der Waals surface area contributed by atoms with Gasteiger partial charge in [0.15, 0.2) is 11.4 Å². The number of fused-ring (bicyclic) bond motifs is 2. The van der Waals surface area contributed by atoms with Crippen molar-refractivity contribution in [3.8, 4) is 34.0 Å². The van der Waals surface area contributed by atoms with Gasteiger partial charge >= 0.3 is 0 Å². The van der Waals surface area contributed by atoms with Crippen molar-refractivity contribution in [1.82, 2.24) is 19.7 Å². The first-order chi connectivity index (χ1) is 24.3. The molecule has 12 nitrogen and oxygen atoms in total. The molecule has 0 saturated carbocycles. The van der Waals surface area contributed by atoms with Crippen LogP contribution < -0.4 is 20.0 Å². The minimum atomic E-state index is -0.770. The van der Waals surface area contributed by atoms with Gasteiger partial charge in [0.05, 0.1) is 50.0 Å². The van der Waals surface area contributed by atoms with Gasteiger partial charge in [0.25, 0.3) is 23.1 Å². The van der Waals surface area contributed by atoms with Crippen molar-refractivity contribution in [3.63, 3.8) is 0 Å². The second kappa shape index (κ2) is 13.2. The Morgan fingerprint density at radius 3 is 1.40 bits per heavy atom. The van der Waals surface area contributed by atoms with Gasteiger partial charge in [-0.1, -0.05) is 36.4 Å². The summed E-state index contributed by atoms with van der Waals surface area (Å²) in [6.45, 7) is 0. The van der Waals surface area contributed by atoms with E-state index in [2.05, 4.69) is 42.6 Å². The number of benzene rings is 3. The van der Waals surface area contributed by atoms with Crippen LogP contribution in [0.25, 0.3) is 33.8 Å². The van der Waals surface area contributed by atoms with Crippen LogP contribution in [-0.2, 0) is 14.1 Å². The summed E-state index contributed by atoms with van der Waals surface area (Å²) in [4.78, 5) is 25.5. The maximum atomic E-state index is 12.7. The third-order valence-electron chi connectivity index (χ3n) is 8.44. The van der Waals surface area contributed by atoms with Crippen LogP contribution in [0.3, 0.4) is 0 Å². The Morgan fingerprint density at radius 1 is 0.620 bits per heavy atom. The summed E-state index contributed by atoms with van der Waals surface area (Å²) in [5.74, 6) is -2.56. The van der Waals surface area contributed by atoms with Crippen molar-refractivity contribution >= 4 is 35.5 Å². The lowest BCUT2D eigenvalue weighted by atomic mass is 10.1. The van der Waals surface area contributed by atoms with Crippen molar-refractivity contribution in [2.75, 3.05) is 0 Å². The molecule has 50 heavy (non-hydrogen) atoms. The molecular weight excluding hydrogens is 632 g/mol. The second-order valence-electron chi connectivity index (χ2n) is 11.6. The van der Waals surface area contributed by atoms with E-state index in [9.17, 15) is 19.8 Å². The summed E-state index contributed by atoms with van der Waals surface area (Å²) in [6, 6.07) is 29.3. The van der Waals surface area contributed by atoms with Gasteiger partial charge in [-0.05, 0) is 59.7 Å². The van der Waals surface area contributed by atoms with Gasteiger partial charge in [0, 0.05) is 23.3 Å². The molecule has 0 aliphatic carbocycles. The lowest BCUT2D eigenvalue weighted by molar-refractivity contribution is -0.633. The summed E-state index contributed by atoms with van der Waals surface area (Å²) in [5.41, 5.74) is 11.8. The van der Waals surface area contributed by atoms with E-state index in [1.54, 1.807) is 0 Å². The number of carbonyl (C=O) groups is 2. The van der Waals surface area contributed by atoms with Crippen molar-refractivity contribution < 1.29 is 28.9 Å². The van der Waals surface area contributed by atoms with Gasteiger partial charge in [0.1, 0.15) is 23.9 Å². The zero-order valence-electron chi connectivity index (χ0n) is 27.1. The molecule has 0 aliphatic rings. The number of amides is 2. The van der Waals surface area contributed by atoms with Crippen LogP contribution in [0.15, 0.2) is 132 Å². The molecule has 246 valence electrons. The number of nitrogens with zero attached hydrogens (tertiary/aromatic N) is 6.